The Kier molecular flexibility index (Phi) is 10.6. The van der Waals surface area contributed by atoms with E-state index in [0.29, 0.717) is 0 Å². The van der Waals surface area contributed by atoms with Gasteiger partial charge in [-0.15, -0.1) is 0 Å². The molecule has 0 amide bonds. The topological polar surface area (TPSA) is 26.2 Å². The van der Waals surface area contributed by atoms with Gasteiger partial charge in [0.2, 0.25) is 7.28 Å². The van der Waals surface area contributed by atoms with Gasteiger partial charge in [-0.25, -0.2) is 0 Å². The minimum Gasteiger partial charge on any atom is -0.458 e. The van der Waals surface area contributed by atoms with Gasteiger partial charge < -0.3 is 14.6 Å². The number of benzene rings is 11. The van der Waals surface area contributed by atoms with E-state index in [1.807, 2.05) is 6.07 Å². The second-order valence-corrected chi connectivity index (χ2v) is 22.1. The molecule has 13 rings (SSSR count). The fourth-order valence-electron chi connectivity index (χ4n) is 11.0. The molecule has 0 bridgehead atoms. The fraction of sp³-hybridized carbons (Fsp3) is 0. The smallest absolute Gasteiger partial charge is 0.202 e. The van der Waals surface area contributed by atoms with Crippen molar-refractivity contribution in [1.29, 1.82) is 0 Å². The summed E-state index contributed by atoms with van der Waals surface area (Å²) in [6.07, 6.45) is 0. The van der Waals surface area contributed by atoms with Crippen LogP contribution in [-0.4, -0.2) is 19.9 Å². The first-order chi connectivity index (χ1) is 35.2. The van der Waals surface area contributed by atoms with Crippen molar-refractivity contribution in [1.82, 2.24) is 4.57 Å². The lowest BCUT2D eigenvalue weighted by atomic mass is 9.59. The monoisotopic (exact) mass is 921 g/mol. The van der Waals surface area contributed by atoms with Crippen LogP contribution in [0.1, 0.15) is 0 Å². The van der Waals surface area contributed by atoms with Crippen molar-refractivity contribution in [2.75, 3.05) is 5.32 Å². The molecule has 0 aliphatic carbocycles. The maximum absolute atomic E-state index is 7.07. The fourth-order valence-corrected chi connectivity index (χ4v) is 15.8. The van der Waals surface area contributed by atoms with Crippen molar-refractivity contribution in [3.8, 4) is 50.6 Å². The van der Waals surface area contributed by atoms with Gasteiger partial charge >= 0.3 is 0 Å². The highest BCUT2D eigenvalue weighted by atomic mass is 28.3. The number of fused-ring (bicyclic) bond motifs is 5. The molecule has 0 unspecified atom stereocenters. The van der Waals surface area contributed by atoms with Crippen LogP contribution in [0, 0.1) is 0 Å². The Morgan fingerprint density at radius 1 is 0.366 bits per heavy atom. The molecule has 12 aromatic rings. The van der Waals surface area contributed by atoms with Crippen molar-refractivity contribution in [3.63, 3.8) is 0 Å². The Bertz CT molecular complexity index is 3760. The zero-order valence-electron chi connectivity index (χ0n) is 38.9. The van der Waals surface area contributed by atoms with Gasteiger partial charge in [0, 0.05) is 33.4 Å². The lowest BCUT2D eigenvalue weighted by Gasteiger charge is -2.34. The van der Waals surface area contributed by atoms with Gasteiger partial charge in [-0.05, 0) is 120 Å². The standard InChI is InChI=1S/C66H46BN2OSi/c1-5-23-50(24-6-1)68-61-36-16-13-33-56(61)59-43-49(46-21-19-25-51(41-46)69-62-37-17-14-34-57(62)58-35-15-18-38-63(58)69)45-65-66(59)67-60-44-48(39-40-64(60)70-65)47-22-20-32-55(42-47)71(52-26-7-2-8-27-52,53-28-9-3-10-29-53)54-30-11-4-12-31-54/h1-45,68H. The van der Waals surface area contributed by atoms with Gasteiger partial charge in [-0.1, -0.05) is 212 Å². The molecule has 333 valence electrons. The molecule has 0 saturated carbocycles. The molecule has 1 aliphatic rings. The average Bonchev–Trinajstić information content (AvgIpc) is 3.78. The molecule has 1 aromatic heterocycles. The Labute approximate surface area is 416 Å². The van der Waals surface area contributed by atoms with E-state index in [1.165, 1.54) is 48.1 Å². The van der Waals surface area contributed by atoms with Crippen molar-refractivity contribution < 1.29 is 4.74 Å². The highest BCUT2D eigenvalue weighted by Crippen LogP contribution is 2.39. The highest BCUT2D eigenvalue weighted by Gasteiger charge is 2.41. The third-order valence-electron chi connectivity index (χ3n) is 14.2. The van der Waals surface area contributed by atoms with Crippen molar-refractivity contribution >= 4 is 80.2 Å². The molecule has 2 heterocycles. The zero-order chi connectivity index (χ0) is 47.1. The maximum Gasteiger partial charge on any atom is 0.202 e. The van der Waals surface area contributed by atoms with Crippen molar-refractivity contribution in [3.05, 3.63) is 273 Å². The summed E-state index contributed by atoms with van der Waals surface area (Å²) in [5, 5.41) is 11.6. The Morgan fingerprint density at radius 3 is 1.56 bits per heavy atom. The van der Waals surface area contributed by atoms with E-state index in [-0.39, 0.29) is 0 Å². The summed E-state index contributed by atoms with van der Waals surface area (Å²) >= 11 is 0. The molecule has 3 nitrogen and oxygen atoms in total. The molecule has 71 heavy (non-hydrogen) atoms. The van der Waals surface area contributed by atoms with Crippen LogP contribution < -0.4 is 41.7 Å². The maximum atomic E-state index is 7.07. The summed E-state index contributed by atoms with van der Waals surface area (Å²) in [6, 6.07) is 99.1. The van der Waals surface area contributed by atoms with Crippen LogP contribution >= 0.6 is 0 Å². The normalized spacial score (nSPS) is 11.9. The molecule has 1 aliphatic heterocycles. The predicted molar refractivity (Wildman–Crippen MR) is 302 cm³/mol. The third-order valence-corrected chi connectivity index (χ3v) is 19.0. The molecule has 1 radical (unpaired) electrons. The van der Waals surface area contributed by atoms with Gasteiger partial charge in [-0.2, -0.15) is 0 Å². The summed E-state index contributed by atoms with van der Waals surface area (Å²) in [7, 11) is -0.411. The van der Waals surface area contributed by atoms with Crippen LogP contribution in [0.5, 0.6) is 11.5 Å². The van der Waals surface area contributed by atoms with Crippen LogP contribution in [0.25, 0.3) is 60.9 Å². The van der Waals surface area contributed by atoms with Crippen molar-refractivity contribution in [2.24, 2.45) is 0 Å². The number of nitrogens with one attached hydrogen (secondary N) is 1. The molecule has 11 aromatic carbocycles. The van der Waals surface area contributed by atoms with Crippen LogP contribution in [0.4, 0.5) is 11.4 Å². The van der Waals surface area contributed by atoms with Gasteiger partial charge in [-0.3, -0.25) is 0 Å². The number of para-hydroxylation sites is 4. The molecule has 0 atom stereocenters. The summed E-state index contributed by atoms with van der Waals surface area (Å²) in [4.78, 5) is 0. The molecular formula is C66H46BN2OSi. The number of aromatic nitrogens is 1. The third kappa shape index (κ3) is 7.46. The van der Waals surface area contributed by atoms with E-state index in [1.54, 1.807) is 0 Å². The zero-order valence-corrected chi connectivity index (χ0v) is 39.9. The first kappa shape index (κ1) is 42.2. The molecule has 0 spiro atoms. The first-order valence-corrected chi connectivity index (χ1v) is 26.3. The summed E-state index contributed by atoms with van der Waals surface area (Å²) in [6.45, 7) is 0. The summed E-state index contributed by atoms with van der Waals surface area (Å²) in [5.41, 5.74) is 14.2. The van der Waals surface area contributed by atoms with Gasteiger partial charge in [0.1, 0.15) is 11.5 Å². The minimum atomic E-state index is -2.74. The molecule has 5 heteroatoms. The number of nitrogens with zero attached hydrogens (tertiary/aromatic N) is 1. The minimum absolute atomic E-state index is 0.820. The van der Waals surface area contributed by atoms with Crippen LogP contribution in [0.3, 0.4) is 0 Å². The van der Waals surface area contributed by atoms with E-state index >= 15 is 0 Å². The van der Waals surface area contributed by atoms with E-state index < -0.39 is 8.07 Å². The van der Waals surface area contributed by atoms with Crippen molar-refractivity contribution in [2.45, 2.75) is 0 Å². The van der Waals surface area contributed by atoms with Crippen LogP contribution in [-0.2, 0) is 0 Å². The van der Waals surface area contributed by atoms with Gasteiger partial charge in [0.05, 0.1) is 11.0 Å². The van der Waals surface area contributed by atoms with Crippen LogP contribution in [0.2, 0.25) is 0 Å². The lowest BCUT2D eigenvalue weighted by molar-refractivity contribution is 0.488. The quantitative estimate of drug-likeness (QED) is 0.109. The van der Waals surface area contributed by atoms with E-state index in [0.717, 1.165) is 67.3 Å². The summed E-state index contributed by atoms with van der Waals surface area (Å²) in [5.74, 6) is 1.65. The average molecular weight is 922 g/mol. The highest BCUT2D eigenvalue weighted by molar-refractivity contribution is 7.19. The number of rotatable bonds is 10. The van der Waals surface area contributed by atoms with Gasteiger partial charge in [0.15, 0.2) is 8.07 Å². The lowest BCUT2D eigenvalue weighted by Crippen LogP contribution is -2.74. The van der Waals surface area contributed by atoms with Crippen LogP contribution in [0.15, 0.2) is 273 Å². The Morgan fingerprint density at radius 2 is 0.901 bits per heavy atom. The van der Waals surface area contributed by atoms with E-state index in [2.05, 4.69) is 284 Å². The SMILES string of the molecule is [B]1c2cc(-c3cccc([Si](c4ccccc4)(c4ccccc4)c4ccccc4)c3)ccc2Oc2cc(-c3cccc(-n4c5ccccc5c5ccccc54)c3)cc(-c3ccccc3Nc3ccccc3)c21. The molecule has 0 fully saturated rings. The Hall–Kier alpha value is -8.90. The number of hydrogen-bond acceptors (Lipinski definition) is 2. The molecular weight excluding hydrogens is 876 g/mol. The first-order valence-electron chi connectivity index (χ1n) is 24.3. The predicted octanol–water partition coefficient (Wildman–Crippen LogP) is 12.7. The number of ether oxygens (including phenoxy) is 1. The van der Waals surface area contributed by atoms with E-state index in [4.69, 9.17) is 4.74 Å². The molecule has 1 N–H and O–H groups in total. The largest absolute Gasteiger partial charge is 0.458 e. The van der Waals surface area contributed by atoms with Gasteiger partial charge in [0.25, 0.3) is 0 Å². The second-order valence-electron chi connectivity index (χ2n) is 18.3. The number of hydrogen-bond donors (Lipinski definition) is 1. The molecule has 0 saturated heterocycles. The number of anilines is 2. The Balaban J connectivity index is 0.938. The second kappa shape index (κ2) is 17.9. The van der Waals surface area contributed by atoms with E-state index in [9.17, 15) is 0 Å². The summed E-state index contributed by atoms with van der Waals surface area (Å²) < 4.78 is 9.45.